The second-order valence-electron chi connectivity index (χ2n) is 6.27. The van der Waals surface area contributed by atoms with Gasteiger partial charge in [-0.15, -0.1) is 0 Å². The van der Waals surface area contributed by atoms with Crippen molar-refractivity contribution in [3.8, 4) is 0 Å². The van der Waals surface area contributed by atoms with Crippen molar-refractivity contribution in [2.75, 3.05) is 0 Å². The molecule has 0 fully saturated rings. The molecule has 6 nitrogen and oxygen atoms in total. The van der Waals surface area contributed by atoms with Crippen LogP contribution in [0.4, 0.5) is 0 Å². The van der Waals surface area contributed by atoms with Crippen LogP contribution in [-0.2, 0) is 9.47 Å². The van der Waals surface area contributed by atoms with Crippen molar-refractivity contribution >= 4 is 0 Å². The predicted octanol–water partition coefficient (Wildman–Crippen LogP) is 0.770. The van der Waals surface area contributed by atoms with Gasteiger partial charge in [-0.05, 0) is 41.0 Å². The first-order valence-corrected chi connectivity index (χ1v) is 6.93. The number of hydrogen-bond donors (Lipinski definition) is 3. The maximum Gasteiger partial charge on any atom is 0.221 e. The monoisotopic (exact) mass is 289 g/mol. The van der Waals surface area contributed by atoms with E-state index in [0.29, 0.717) is 6.42 Å². The van der Waals surface area contributed by atoms with Gasteiger partial charge in [-0.25, -0.2) is 0 Å². The Balaban J connectivity index is 2.81. The summed E-state index contributed by atoms with van der Waals surface area (Å²) < 4.78 is 10.8. The Morgan fingerprint density at radius 3 is 2.15 bits per heavy atom. The lowest BCUT2D eigenvalue weighted by Crippen LogP contribution is -2.53. The third-order valence-corrected chi connectivity index (χ3v) is 2.78. The van der Waals surface area contributed by atoms with Gasteiger partial charge in [0.25, 0.3) is 0 Å². The minimum absolute atomic E-state index is 0.204. The summed E-state index contributed by atoms with van der Waals surface area (Å²) in [6, 6.07) is -0.351. The van der Waals surface area contributed by atoms with E-state index < -0.39 is 24.5 Å². The molecule has 0 aromatic rings. The third kappa shape index (κ3) is 5.47. The molecule has 20 heavy (non-hydrogen) atoms. The summed E-state index contributed by atoms with van der Waals surface area (Å²) in [5, 5.41) is 29.9. The van der Waals surface area contributed by atoms with Crippen molar-refractivity contribution in [1.29, 1.82) is 0 Å². The van der Waals surface area contributed by atoms with Crippen LogP contribution in [0.25, 0.3) is 0 Å². The van der Waals surface area contributed by atoms with Gasteiger partial charge in [-0.3, -0.25) is 0 Å². The van der Waals surface area contributed by atoms with Crippen LogP contribution in [0.2, 0.25) is 0 Å². The average molecular weight is 289 g/mol. The Hall–Kier alpha value is -0.500. The van der Waals surface area contributed by atoms with Crippen LogP contribution >= 0.6 is 0 Å². The van der Waals surface area contributed by atoms with Crippen molar-refractivity contribution in [3.63, 3.8) is 0 Å². The molecule has 0 amide bonds. The Labute approximate surface area is 120 Å². The predicted molar refractivity (Wildman–Crippen MR) is 74.5 cm³/mol. The van der Waals surface area contributed by atoms with Crippen LogP contribution in [0.5, 0.6) is 0 Å². The third-order valence-electron chi connectivity index (χ3n) is 2.78. The van der Waals surface area contributed by atoms with E-state index in [9.17, 15) is 15.3 Å². The number of ether oxygens (including phenoxy) is 2. The molecule has 1 aliphatic carbocycles. The zero-order valence-corrected chi connectivity index (χ0v) is 12.9. The van der Waals surface area contributed by atoms with Gasteiger partial charge in [0.2, 0.25) is 12.8 Å². The highest BCUT2D eigenvalue weighted by atomic mass is 16.7. The van der Waals surface area contributed by atoms with Crippen LogP contribution in [0, 0.1) is 0 Å². The zero-order chi connectivity index (χ0) is 15.5. The lowest BCUT2D eigenvalue weighted by atomic mass is 10.2. The molecular formula is C14H27NO5. The van der Waals surface area contributed by atoms with Gasteiger partial charge >= 0.3 is 0 Å². The van der Waals surface area contributed by atoms with Crippen LogP contribution in [0.15, 0.2) is 12.2 Å². The molecular weight excluding hydrogens is 262 g/mol. The number of aliphatic hydroxyl groups excluding tert-OH is 3. The van der Waals surface area contributed by atoms with Gasteiger partial charge in [-0.2, -0.15) is 4.90 Å². The molecule has 1 aliphatic rings. The van der Waals surface area contributed by atoms with E-state index in [2.05, 4.69) is 0 Å². The summed E-state index contributed by atoms with van der Waals surface area (Å²) in [5.41, 5.74) is -0.573. The normalized spacial score (nSPS) is 26.5. The molecule has 6 heteroatoms. The molecule has 0 aromatic heterocycles. The van der Waals surface area contributed by atoms with E-state index in [1.54, 1.807) is 26.0 Å². The summed E-state index contributed by atoms with van der Waals surface area (Å²) in [4.78, 5) is 1.30. The van der Waals surface area contributed by atoms with Crippen molar-refractivity contribution in [1.82, 2.24) is 4.90 Å². The highest BCUT2D eigenvalue weighted by Gasteiger charge is 2.36. The second-order valence-corrected chi connectivity index (χ2v) is 6.27. The van der Waals surface area contributed by atoms with E-state index in [1.807, 2.05) is 20.8 Å². The lowest BCUT2D eigenvalue weighted by molar-refractivity contribution is -0.328. The fraction of sp³-hybridized carbons (Fsp3) is 0.857. The highest BCUT2D eigenvalue weighted by molar-refractivity contribution is 5.07. The van der Waals surface area contributed by atoms with Crippen molar-refractivity contribution in [2.24, 2.45) is 0 Å². The molecule has 0 aliphatic heterocycles. The number of aliphatic hydroxyl groups is 3. The summed E-state index contributed by atoms with van der Waals surface area (Å²) in [5.74, 6) is 0. The number of hydrogen-bond acceptors (Lipinski definition) is 6. The molecule has 1 rings (SSSR count). The van der Waals surface area contributed by atoms with Gasteiger partial charge in [0.15, 0.2) is 0 Å². The molecule has 4 atom stereocenters. The van der Waals surface area contributed by atoms with Crippen LogP contribution in [0.1, 0.15) is 41.0 Å². The molecule has 0 spiro atoms. The first kappa shape index (κ1) is 17.6. The van der Waals surface area contributed by atoms with Gasteiger partial charge in [0.1, 0.15) is 0 Å². The molecule has 0 radical (unpaired) electrons. The molecule has 0 aromatic carbocycles. The first-order valence-electron chi connectivity index (χ1n) is 6.93. The molecule has 3 unspecified atom stereocenters. The van der Waals surface area contributed by atoms with E-state index >= 15 is 0 Å². The second kappa shape index (κ2) is 6.98. The number of rotatable bonds is 6. The molecule has 0 saturated heterocycles. The minimum atomic E-state index is -1.33. The number of nitrogens with zero attached hydrogens (tertiary/aromatic N) is 1. The quantitative estimate of drug-likeness (QED) is 0.495. The summed E-state index contributed by atoms with van der Waals surface area (Å²) >= 11 is 0. The topological polar surface area (TPSA) is 82.4 Å². The lowest BCUT2D eigenvalue weighted by Gasteiger charge is -2.38. The van der Waals surface area contributed by atoms with Crippen LogP contribution in [0.3, 0.4) is 0 Å². The molecule has 118 valence electrons. The molecule has 0 saturated carbocycles. The van der Waals surface area contributed by atoms with Gasteiger partial charge in [0, 0.05) is 6.04 Å². The van der Waals surface area contributed by atoms with Gasteiger partial charge in [-0.1, -0.05) is 12.2 Å². The van der Waals surface area contributed by atoms with Crippen LogP contribution in [-0.4, -0.2) is 56.9 Å². The highest BCUT2D eigenvalue weighted by Crippen LogP contribution is 2.24. The van der Waals surface area contributed by atoms with E-state index in [4.69, 9.17) is 9.47 Å². The Kier molecular flexibility index (Phi) is 6.12. The van der Waals surface area contributed by atoms with Gasteiger partial charge in [0.05, 0.1) is 17.8 Å². The van der Waals surface area contributed by atoms with E-state index in [1.165, 1.54) is 4.90 Å². The van der Waals surface area contributed by atoms with Gasteiger partial charge < -0.3 is 24.8 Å². The Morgan fingerprint density at radius 2 is 1.75 bits per heavy atom. The Morgan fingerprint density at radius 1 is 1.15 bits per heavy atom. The average Bonchev–Trinajstić information content (AvgIpc) is 2.60. The first-order chi connectivity index (χ1) is 9.10. The minimum Gasteiger partial charge on any atom is -0.389 e. The van der Waals surface area contributed by atoms with E-state index in [0.717, 1.165) is 0 Å². The van der Waals surface area contributed by atoms with Crippen LogP contribution < -0.4 is 0 Å². The fourth-order valence-corrected chi connectivity index (χ4v) is 2.01. The van der Waals surface area contributed by atoms with Crippen molar-refractivity contribution < 1.29 is 24.8 Å². The zero-order valence-electron chi connectivity index (χ0n) is 12.9. The smallest absolute Gasteiger partial charge is 0.221 e. The molecule has 0 heterocycles. The summed E-state index contributed by atoms with van der Waals surface area (Å²) in [6.45, 7) is 9.01. The molecule has 3 N–H and O–H groups in total. The largest absolute Gasteiger partial charge is 0.389 e. The summed E-state index contributed by atoms with van der Waals surface area (Å²) in [6.07, 6.45) is 0.302. The van der Waals surface area contributed by atoms with Crippen molar-refractivity contribution in [3.05, 3.63) is 12.2 Å². The molecule has 0 bridgehead atoms. The summed E-state index contributed by atoms with van der Waals surface area (Å²) in [7, 11) is 0. The maximum atomic E-state index is 10.2. The van der Waals surface area contributed by atoms with Crippen molar-refractivity contribution in [2.45, 2.75) is 77.7 Å². The Bertz CT molecular complexity index is 326. The van der Waals surface area contributed by atoms with E-state index in [-0.39, 0.29) is 12.1 Å². The fourth-order valence-electron chi connectivity index (χ4n) is 2.01. The SMILES string of the molecule is CC(C)OC(O)N(C(O)OC(C)(C)C)[C@H]1C=CC(O)C1. The standard InChI is InChI=1S/C14H27NO5/c1-9(2)19-12(17)15(10-6-7-11(16)8-10)13(18)20-14(3,4)5/h6-7,9-13,16-18H,8H2,1-5H3/t10-,11?,12?,13?/m0/s1. The maximum absolute atomic E-state index is 10.2.